The molecular formula is C18H25N3OS. The molecular weight excluding hydrogens is 306 g/mol. The van der Waals surface area contributed by atoms with Gasteiger partial charge in [0, 0.05) is 30.1 Å². The van der Waals surface area contributed by atoms with Gasteiger partial charge in [-0.1, -0.05) is 6.92 Å². The van der Waals surface area contributed by atoms with Crippen LogP contribution in [0.1, 0.15) is 48.7 Å². The van der Waals surface area contributed by atoms with Crippen molar-refractivity contribution < 1.29 is 4.79 Å². The molecule has 0 radical (unpaired) electrons. The standard InChI is InChI=1S/C18H25N3OS/c1-11(7-17-13(3)19-20-14(17)4)18(22)21-9-16(8-12(21)2)15-5-6-23-10-15/h5-6,10-12,16H,7-9H2,1-4H3,(H,19,20)/t11-,12+,16-/m0/s1. The number of aromatic nitrogens is 2. The molecule has 0 aromatic carbocycles. The maximum Gasteiger partial charge on any atom is 0.225 e. The third-order valence-electron chi connectivity index (χ3n) is 5.09. The Hall–Kier alpha value is -1.62. The highest BCUT2D eigenvalue weighted by atomic mass is 32.1. The van der Waals surface area contributed by atoms with E-state index < -0.39 is 0 Å². The number of H-pyrrole nitrogens is 1. The zero-order valence-corrected chi connectivity index (χ0v) is 15.1. The van der Waals surface area contributed by atoms with Crippen LogP contribution in [0.2, 0.25) is 0 Å². The Balaban J connectivity index is 1.68. The van der Waals surface area contributed by atoms with Gasteiger partial charge in [-0.3, -0.25) is 9.89 Å². The van der Waals surface area contributed by atoms with Gasteiger partial charge >= 0.3 is 0 Å². The molecule has 2 aromatic rings. The van der Waals surface area contributed by atoms with E-state index in [9.17, 15) is 4.79 Å². The lowest BCUT2D eigenvalue weighted by Gasteiger charge is -2.25. The highest BCUT2D eigenvalue weighted by molar-refractivity contribution is 7.07. The van der Waals surface area contributed by atoms with E-state index >= 15 is 0 Å². The van der Waals surface area contributed by atoms with Gasteiger partial charge in [0.1, 0.15) is 0 Å². The molecule has 0 bridgehead atoms. The summed E-state index contributed by atoms with van der Waals surface area (Å²) in [5.74, 6) is 0.758. The fourth-order valence-electron chi connectivity index (χ4n) is 3.64. The summed E-state index contributed by atoms with van der Waals surface area (Å²) in [6, 6.07) is 2.51. The number of rotatable bonds is 4. The Kier molecular flexibility index (Phi) is 4.57. The fraction of sp³-hybridized carbons (Fsp3) is 0.556. The zero-order valence-electron chi connectivity index (χ0n) is 14.3. The summed E-state index contributed by atoms with van der Waals surface area (Å²) in [5, 5.41) is 11.6. The summed E-state index contributed by atoms with van der Waals surface area (Å²) in [6.07, 6.45) is 1.83. The van der Waals surface area contributed by atoms with Crippen LogP contribution in [0.4, 0.5) is 0 Å². The molecule has 3 heterocycles. The highest BCUT2D eigenvalue weighted by Crippen LogP contribution is 2.33. The first-order chi connectivity index (χ1) is 11.0. The van der Waals surface area contributed by atoms with Crippen LogP contribution in [0.5, 0.6) is 0 Å². The first-order valence-electron chi connectivity index (χ1n) is 8.30. The van der Waals surface area contributed by atoms with Crippen LogP contribution in [0.25, 0.3) is 0 Å². The first kappa shape index (κ1) is 16.2. The molecule has 1 fully saturated rings. The molecule has 3 rings (SSSR count). The molecule has 5 heteroatoms. The minimum Gasteiger partial charge on any atom is -0.339 e. The Morgan fingerprint density at radius 2 is 2.30 bits per heavy atom. The van der Waals surface area contributed by atoms with E-state index in [-0.39, 0.29) is 11.8 Å². The van der Waals surface area contributed by atoms with Gasteiger partial charge in [-0.25, -0.2) is 0 Å². The molecule has 1 amide bonds. The lowest BCUT2D eigenvalue weighted by Crippen LogP contribution is -2.38. The molecule has 1 saturated heterocycles. The van der Waals surface area contributed by atoms with Gasteiger partial charge < -0.3 is 4.90 Å². The zero-order chi connectivity index (χ0) is 16.6. The maximum atomic E-state index is 12.9. The summed E-state index contributed by atoms with van der Waals surface area (Å²) in [7, 11) is 0. The van der Waals surface area contributed by atoms with Crippen molar-refractivity contribution in [1.29, 1.82) is 0 Å². The Morgan fingerprint density at radius 3 is 2.91 bits per heavy atom. The minimum absolute atomic E-state index is 0.00586. The molecule has 3 atom stereocenters. The normalized spacial score (nSPS) is 22.5. The van der Waals surface area contributed by atoms with Gasteiger partial charge in [0.15, 0.2) is 0 Å². The van der Waals surface area contributed by atoms with Gasteiger partial charge in [0.2, 0.25) is 5.91 Å². The number of hydrogen-bond acceptors (Lipinski definition) is 3. The second-order valence-electron chi connectivity index (χ2n) is 6.85. The first-order valence-corrected chi connectivity index (χ1v) is 9.24. The van der Waals surface area contributed by atoms with Gasteiger partial charge in [-0.2, -0.15) is 16.4 Å². The SMILES string of the molecule is Cc1n[nH]c(C)c1C[C@H](C)C(=O)N1C[C@@H](c2ccsc2)C[C@H]1C. The van der Waals surface area contributed by atoms with E-state index in [1.54, 1.807) is 11.3 Å². The van der Waals surface area contributed by atoms with Crippen molar-refractivity contribution in [3.8, 4) is 0 Å². The third kappa shape index (κ3) is 3.20. The van der Waals surface area contributed by atoms with Crippen LogP contribution in [0.15, 0.2) is 16.8 Å². The van der Waals surface area contributed by atoms with Crippen LogP contribution >= 0.6 is 11.3 Å². The van der Waals surface area contributed by atoms with Gasteiger partial charge in [-0.05, 0) is 61.6 Å². The van der Waals surface area contributed by atoms with Crippen molar-refractivity contribution in [2.75, 3.05) is 6.54 Å². The largest absolute Gasteiger partial charge is 0.339 e. The molecule has 4 nitrogen and oxygen atoms in total. The van der Waals surface area contributed by atoms with E-state index in [2.05, 4.69) is 38.8 Å². The second kappa shape index (κ2) is 6.48. The molecule has 23 heavy (non-hydrogen) atoms. The molecule has 1 aliphatic rings. The number of likely N-dealkylation sites (tertiary alicyclic amines) is 1. The van der Waals surface area contributed by atoms with E-state index in [1.807, 2.05) is 20.8 Å². The van der Waals surface area contributed by atoms with Crippen LogP contribution < -0.4 is 0 Å². The Bertz CT molecular complexity index is 657. The van der Waals surface area contributed by atoms with E-state index in [4.69, 9.17) is 0 Å². The maximum absolute atomic E-state index is 12.9. The predicted molar refractivity (Wildman–Crippen MR) is 93.8 cm³/mol. The summed E-state index contributed by atoms with van der Waals surface area (Å²) in [4.78, 5) is 15.0. The number of nitrogens with zero attached hydrogens (tertiary/aromatic N) is 2. The number of carbonyl (C=O) groups is 1. The van der Waals surface area contributed by atoms with Crippen molar-refractivity contribution in [3.63, 3.8) is 0 Å². The van der Waals surface area contributed by atoms with E-state index in [0.29, 0.717) is 12.0 Å². The van der Waals surface area contributed by atoms with Crippen molar-refractivity contribution in [2.24, 2.45) is 5.92 Å². The number of aromatic amines is 1. The van der Waals surface area contributed by atoms with E-state index in [1.165, 1.54) is 11.1 Å². The Morgan fingerprint density at radius 1 is 1.52 bits per heavy atom. The number of nitrogens with one attached hydrogen (secondary N) is 1. The lowest BCUT2D eigenvalue weighted by atomic mass is 9.98. The van der Waals surface area contributed by atoms with Crippen molar-refractivity contribution in [3.05, 3.63) is 39.3 Å². The van der Waals surface area contributed by atoms with Crippen LogP contribution in [-0.4, -0.2) is 33.6 Å². The van der Waals surface area contributed by atoms with Gasteiger partial charge in [0.25, 0.3) is 0 Å². The van der Waals surface area contributed by atoms with E-state index in [0.717, 1.165) is 30.8 Å². The fourth-order valence-corrected chi connectivity index (χ4v) is 4.38. The number of thiophene rings is 1. The number of aryl methyl sites for hydroxylation is 2. The molecule has 2 aromatic heterocycles. The summed E-state index contributed by atoms with van der Waals surface area (Å²) < 4.78 is 0. The molecule has 1 aliphatic heterocycles. The molecule has 0 saturated carbocycles. The van der Waals surface area contributed by atoms with Gasteiger partial charge in [-0.15, -0.1) is 0 Å². The number of hydrogen-bond donors (Lipinski definition) is 1. The lowest BCUT2D eigenvalue weighted by molar-refractivity contribution is -0.135. The molecule has 1 N–H and O–H groups in total. The monoisotopic (exact) mass is 331 g/mol. The van der Waals surface area contributed by atoms with Crippen molar-refractivity contribution >= 4 is 17.2 Å². The second-order valence-corrected chi connectivity index (χ2v) is 7.63. The average Bonchev–Trinajstić information content (AvgIpc) is 3.23. The Labute approximate surface area is 141 Å². The molecule has 0 aliphatic carbocycles. The van der Waals surface area contributed by atoms with Crippen LogP contribution in [-0.2, 0) is 11.2 Å². The smallest absolute Gasteiger partial charge is 0.225 e. The van der Waals surface area contributed by atoms with Gasteiger partial charge in [0.05, 0.1) is 5.69 Å². The molecule has 0 spiro atoms. The quantitative estimate of drug-likeness (QED) is 0.929. The van der Waals surface area contributed by atoms with Crippen molar-refractivity contribution in [2.45, 2.75) is 52.5 Å². The topological polar surface area (TPSA) is 49.0 Å². The predicted octanol–water partition coefficient (Wildman–Crippen LogP) is 3.67. The highest BCUT2D eigenvalue weighted by Gasteiger charge is 2.35. The summed E-state index contributed by atoms with van der Waals surface area (Å²) in [6.45, 7) is 9.09. The van der Waals surface area contributed by atoms with Crippen LogP contribution in [0, 0.1) is 19.8 Å². The van der Waals surface area contributed by atoms with Crippen LogP contribution in [0.3, 0.4) is 0 Å². The third-order valence-corrected chi connectivity index (χ3v) is 5.79. The molecule has 124 valence electrons. The number of amides is 1. The summed E-state index contributed by atoms with van der Waals surface area (Å²) >= 11 is 1.74. The molecule has 0 unspecified atom stereocenters. The summed E-state index contributed by atoms with van der Waals surface area (Å²) in [5.41, 5.74) is 4.65. The van der Waals surface area contributed by atoms with Crippen molar-refractivity contribution in [1.82, 2.24) is 15.1 Å². The average molecular weight is 331 g/mol. The number of carbonyl (C=O) groups excluding carboxylic acids is 1. The minimum atomic E-state index is -0.00586.